The maximum Gasteiger partial charge on any atom is 0.139 e. The fourth-order valence-electron chi connectivity index (χ4n) is 2.48. The second-order valence-electron chi connectivity index (χ2n) is 4.73. The fourth-order valence-corrected chi connectivity index (χ4v) is 2.81. The third kappa shape index (κ3) is 2.95. The first-order chi connectivity index (χ1) is 8.61. The molecule has 2 N–H and O–H groups in total. The number of hydrogen-bond acceptors (Lipinski definition) is 3. The normalized spacial score (nSPS) is 20.2. The van der Waals surface area contributed by atoms with Crippen LogP contribution in [0.5, 0.6) is 0 Å². The van der Waals surface area contributed by atoms with Crippen LogP contribution in [0.4, 0.5) is 15.8 Å². The summed E-state index contributed by atoms with van der Waals surface area (Å²) in [6, 6.07) is 3.14. The SMILES string of the molecule is COCC1CCCN(c2cc(Br)c(F)cc2N)C1. The lowest BCUT2D eigenvalue weighted by Gasteiger charge is -2.35. The topological polar surface area (TPSA) is 38.5 Å². The molecule has 0 saturated carbocycles. The lowest BCUT2D eigenvalue weighted by molar-refractivity contribution is 0.143. The van der Waals surface area contributed by atoms with E-state index in [1.54, 1.807) is 13.2 Å². The Morgan fingerprint density at radius 3 is 3.06 bits per heavy atom. The number of ether oxygens (including phenoxy) is 1. The van der Waals surface area contributed by atoms with E-state index < -0.39 is 0 Å². The Hall–Kier alpha value is -0.810. The van der Waals surface area contributed by atoms with Crippen molar-refractivity contribution in [2.24, 2.45) is 5.92 Å². The van der Waals surface area contributed by atoms with Crippen LogP contribution in [0, 0.1) is 11.7 Å². The number of anilines is 2. The van der Waals surface area contributed by atoms with E-state index >= 15 is 0 Å². The van der Waals surface area contributed by atoms with Crippen molar-refractivity contribution in [2.75, 3.05) is 37.4 Å². The van der Waals surface area contributed by atoms with Crippen LogP contribution in [-0.4, -0.2) is 26.8 Å². The number of nitrogen functional groups attached to an aromatic ring is 1. The first-order valence-corrected chi connectivity index (χ1v) is 6.89. The van der Waals surface area contributed by atoms with Gasteiger partial charge in [-0.2, -0.15) is 0 Å². The standard InChI is InChI=1S/C13H18BrFN2O/c1-18-8-9-3-2-4-17(7-9)13-5-10(14)11(15)6-12(13)16/h5-6,9H,2-4,7-8,16H2,1H3. The molecule has 1 unspecified atom stereocenters. The number of nitrogens with two attached hydrogens (primary N) is 1. The average molecular weight is 317 g/mol. The van der Waals surface area contributed by atoms with Crippen LogP contribution in [0.2, 0.25) is 0 Å². The van der Waals surface area contributed by atoms with E-state index in [-0.39, 0.29) is 5.82 Å². The van der Waals surface area contributed by atoms with Gasteiger partial charge in [0.25, 0.3) is 0 Å². The summed E-state index contributed by atoms with van der Waals surface area (Å²) in [4.78, 5) is 2.22. The third-order valence-electron chi connectivity index (χ3n) is 3.33. The monoisotopic (exact) mass is 316 g/mol. The first-order valence-electron chi connectivity index (χ1n) is 6.10. The molecule has 2 rings (SSSR count). The summed E-state index contributed by atoms with van der Waals surface area (Å²) in [7, 11) is 1.72. The Balaban J connectivity index is 2.18. The average Bonchev–Trinajstić information content (AvgIpc) is 2.34. The van der Waals surface area contributed by atoms with E-state index in [0.29, 0.717) is 16.1 Å². The number of rotatable bonds is 3. The molecule has 0 aromatic heterocycles. The highest BCUT2D eigenvalue weighted by Gasteiger charge is 2.22. The van der Waals surface area contributed by atoms with Crippen molar-refractivity contribution in [2.45, 2.75) is 12.8 Å². The van der Waals surface area contributed by atoms with E-state index in [0.717, 1.165) is 31.8 Å². The van der Waals surface area contributed by atoms with Crippen molar-refractivity contribution in [1.29, 1.82) is 0 Å². The zero-order chi connectivity index (χ0) is 13.1. The van der Waals surface area contributed by atoms with Crippen LogP contribution < -0.4 is 10.6 Å². The Labute approximate surface area is 115 Å². The van der Waals surface area contributed by atoms with E-state index in [2.05, 4.69) is 20.8 Å². The first kappa shape index (κ1) is 13.6. The van der Waals surface area contributed by atoms with Crippen LogP contribution >= 0.6 is 15.9 Å². The molecule has 1 aliphatic rings. The van der Waals surface area contributed by atoms with E-state index in [1.807, 2.05) is 0 Å². The van der Waals surface area contributed by atoms with Gasteiger partial charge in [0.15, 0.2) is 0 Å². The molecule has 18 heavy (non-hydrogen) atoms. The Morgan fingerprint density at radius 1 is 1.56 bits per heavy atom. The van der Waals surface area contributed by atoms with E-state index in [9.17, 15) is 4.39 Å². The van der Waals surface area contributed by atoms with Crippen molar-refractivity contribution in [3.8, 4) is 0 Å². The zero-order valence-electron chi connectivity index (χ0n) is 10.5. The van der Waals surface area contributed by atoms with Gasteiger partial charge in [-0.15, -0.1) is 0 Å². The minimum absolute atomic E-state index is 0.318. The second kappa shape index (κ2) is 5.89. The fraction of sp³-hybridized carbons (Fsp3) is 0.538. The van der Waals surface area contributed by atoms with Gasteiger partial charge >= 0.3 is 0 Å². The largest absolute Gasteiger partial charge is 0.397 e. The van der Waals surface area contributed by atoms with Crippen molar-refractivity contribution in [3.05, 3.63) is 22.4 Å². The molecule has 1 aromatic rings. The molecule has 1 saturated heterocycles. The quantitative estimate of drug-likeness (QED) is 0.871. The van der Waals surface area contributed by atoms with E-state index in [4.69, 9.17) is 10.5 Å². The lowest BCUT2D eigenvalue weighted by atomic mass is 9.98. The summed E-state index contributed by atoms with van der Waals surface area (Å²) in [6.07, 6.45) is 2.29. The molecule has 1 aliphatic heterocycles. The molecule has 1 aromatic carbocycles. The Morgan fingerprint density at radius 2 is 2.33 bits per heavy atom. The van der Waals surface area contributed by atoms with Crippen LogP contribution in [0.1, 0.15) is 12.8 Å². The van der Waals surface area contributed by atoms with Gasteiger partial charge in [-0.05, 0) is 40.8 Å². The van der Waals surface area contributed by atoms with Crippen molar-refractivity contribution in [3.63, 3.8) is 0 Å². The molecule has 0 bridgehead atoms. The summed E-state index contributed by atoms with van der Waals surface area (Å²) < 4.78 is 19.0. The van der Waals surface area contributed by atoms with Crippen molar-refractivity contribution < 1.29 is 9.13 Å². The predicted molar refractivity (Wildman–Crippen MR) is 75.3 cm³/mol. The summed E-state index contributed by atoms with van der Waals surface area (Å²) in [5.74, 6) is 0.202. The summed E-state index contributed by atoms with van der Waals surface area (Å²) in [5.41, 5.74) is 7.31. The van der Waals surface area contributed by atoms with Gasteiger partial charge < -0.3 is 15.4 Å². The Bertz CT molecular complexity index is 426. The van der Waals surface area contributed by atoms with Gasteiger partial charge in [0, 0.05) is 26.3 Å². The summed E-state index contributed by atoms with van der Waals surface area (Å²) in [5, 5.41) is 0. The predicted octanol–water partition coefficient (Wildman–Crippen LogP) is 3.03. The van der Waals surface area contributed by atoms with Crippen molar-refractivity contribution in [1.82, 2.24) is 0 Å². The van der Waals surface area contributed by atoms with Gasteiger partial charge in [0.2, 0.25) is 0 Å². The summed E-state index contributed by atoms with van der Waals surface area (Å²) in [6.45, 7) is 2.64. The lowest BCUT2D eigenvalue weighted by Crippen LogP contribution is -2.37. The third-order valence-corrected chi connectivity index (χ3v) is 3.94. The molecule has 0 radical (unpaired) electrons. The van der Waals surface area contributed by atoms with Gasteiger partial charge in [0.05, 0.1) is 22.5 Å². The zero-order valence-corrected chi connectivity index (χ0v) is 12.0. The highest BCUT2D eigenvalue weighted by Crippen LogP contribution is 2.32. The minimum Gasteiger partial charge on any atom is -0.397 e. The van der Waals surface area contributed by atoms with Gasteiger partial charge in [0.1, 0.15) is 5.82 Å². The molecule has 5 heteroatoms. The molecule has 0 aliphatic carbocycles. The Kier molecular flexibility index (Phi) is 4.45. The minimum atomic E-state index is -0.318. The van der Waals surface area contributed by atoms with Gasteiger partial charge in [-0.25, -0.2) is 4.39 Å². The molecule has 1 atom stereocenters. The van der Waals surface area contributed by atoms with Crippen molar-refractivity contribution >= 4 is 27.3 Å². The highest BCUT2D eigenvalue weighted by atomic mass is 79.9. The van der Waals surface area contributed by atoms with Crippen LogP contribution in [0.3, 0.4) is 0 Å². The van der Waals surface area contributed by atoms with Crippen LogP contribution in [-0.2, 0) is 4.74 Å². The maximum absolute atomic E-state index is 13.4. The molecular weight excluding hydrogens is 299 g/mol. The molecule has 0 amide bonds. The molecule has 0 spiro atoms. The second-order valence-corrected chi connectivity index (χ2v) is 5.59. The number of hydrogen-bond donors (Lipinski definition) is 1. The number of piperidine rings is 1. The number of benzene rings is 1. The molecule has 100 valence electrons. The smallest absolute Gasteiger partial charge is 0.139 e. The number of halogens is 2. The maximum atomic E-state index is 13.4. The van der Waals surface area contributed by atoms with Crippen LogP contribution in [0.25, 0.3) is 0 Å². The van der Waals surface area contributed by atoms with Gasteiger partial charge in [-0.3, -0.25) is 0 Å². The molecule has 1 heterocycles. The molecule has 3 nitrogen and oxygen atoms in total. The number of methoxy groups -OCH3 is 1. The number of nitrogens with zero attached hydrogens (tertiary/aromatic N) is 1. The highest BCUT2D eigenvalue weighted by molar-refractivity contribution is 9.10. The van der Waals surface area contributed by atoms with Crippen LogP contribution in [0.15, 0.2) is 16.6 Å². The van der Waals surface area contributed by atoms with Gasteiger partial charge in [-0.1, -0.05) is 0 Å². The van der Waals surface area contributed by atoms with E-state index in [1.165, 1.54) is 12.5 Å². The molecule has 1 fully saturated rings. The summed E-state index contributed by atoms with van der Waals surface area (Å²) >= 11 is 3.21. The molecular formula is C13H18BrFN2O.